The van der Waals surface area contributed by atoms with Gasteiger partial charge in [0, 0.05) is 6.42 Å². The Hall–Kier alpha value is -1.54. The number of allylic oxidation sites excluding steroid dienone is 7. The van der Waals surface area contributed by atoms with Gasteiger partial charge >= 0.3 is 7.82 Å². The number of aliphatic hydroxyl groups is 1. The third-order valence-electron chi connectivity index (χ3n) is 10.3. The first-order valence-electron chi connectivity index (χ1n) is 23.5. The van der Waals surface area contributed by atoms with Gasteiger partial charge < -0.3 is 19.8 Å². The molecule has 8 nitrogen and oxygen atoms in total. The lowest BCUT2D eigenvalue weighted by Crippen LogP contribution is -2.45. The Kier molecular flexibility index (Phi) is 38.8. The van der Waals surface area contributed by atoms with E-state index in [1.54, 1.807) is 6.08 Å². The molecule has 9 heteroatoms. The number of unbranched alkanes of at least 4 members (excludes halogenated alkanes) is 23. The minimum Gasteiger partial charge on any atom is -0.387 e. The van der Waals surface area contributed by atoms with Gasteiger partial charge in [-0.3, -0.25) is 13.8 Å². The van der Waals surface area contributed by atoms with E-state index in [4.69, 9.17) is 9.05 Å². The van der Waals surface area contributed by atoms with E-state index in [9.17, 15) is 19.4 Å². The molecule has 0 saturated heterocycles. The number of rotatable bonds is 42. The van der Waals surface area contributed by atoms with Crippen molar-refractivity contribution in [2.75, 3.05) is 40.9 Å². The van der Waals surface area contributed by atoms with Gasteiger partial charge in [0.1, 0.15) is 13.2 Å². The van der Waals surface area contributed by atoms with Crippen molar-refractivity contribution in [1.29, 1.82) is 0 Å². The van der Waals surface area contributed by atoms with Crippen LogP contribution in [0.4, 0.5) is 0 Å². The maximum absolute atomic E-state index is 12.8. The standard InChI is InChI=1S/C48H91N2O6P/c1-6-8-10-12-14-16-18-20-21-22-23-24-25-26-27-28-30-31-33-35-37-39-41-47(51)46(45-56-57(53,54)55-44-43-50(3,4)5)49-48(52)42-40-38-36-34-32-29-19-17-15-13-11-9-7-2/h9,11,15,17,29,32,39,41,46-47,51H,6-8,10,12-14,16,18-28,30-31,33-38,40,42-45H2,1-5H3,(H-,49,52,53,54)/p+1/b11-9-,17-15-,32-29-,41-39+. The van der Waals surface area contributed by atoms with Crippen LogP contribution >= 0.6 is 7.82 Å². The SMILES string of the molecule is CC/C=C\C/C=C\C/C=C\CCCCCC(=O)NC(COP(=O)(O)OCC[N+](C)(C)C)C(O)/C=C/CCCCCCCCCCCCCCCCCCCCCC. The quantitative estimate of drug-likeness (QED) is 0.0245. The summed E-state index contributed by atoms with van der Waals surface area (Å²) >= 11 is 0. The fourth-order valence-electron chi connectivity index (χ4n) is 6.58. The molecule has 0 fully saturated rings. The molecule has 0 saturated carbocycles. The van der Waals surface area contributed by atoms with E-state index in [1.807, 2.05) is 27.2 Å². The molecule has 0 aromatic carbocycles. The molecular formula is C48H92N2O6P+. The van der Waals surface area contributed by atoms with Crippen molar-refractivity contribution in [3.05, 3.63) is 48.6 Å². The summed E-state index contributed by atoms with van der Waals surface area (Å²) in [5, 5.41) is 13.8. The van der Waals surface area contributed by atoms with Crippen LogP contribution in [-0.4, -0.2) is 73.4 Å². The summed E-state index contributed by atoms with van der Waals surface area (Å²) in [6.07, 6.45) is 50.5. The van der Waals surface area contributed by atoms with E-state index < -0.39 is 20.0 Å². The zero-order valence-electron chi connectivity index (χ0n) is 37.8. The van der Waals surface area contributed by atoms with E-state index in [2.05, 4.69) is 55.6 Å². The van der Waals surface area contributed by atoms with E-state index in [0.29, 0.717) is 17.4 Å². The highest BCUT2D eigenvalue weighted by atomic mass is 31.2. The smallest absolute Gasteiger partial charge is 0.387 e. The number of quaternary nitrogens is 1. The average molecular weight is 824 g/mol. The Morgan fingerprint density at radius 1 is 0.614 bits per heavy atom. The zero-order chi connectivity index (χ0) is 42.1. The summed E-state index contributed by atoms with van der Waals surface area (Å²) in [6, 6.07) is -0.862. The number of hydrogen-bond donors (Lipinski definition) is 3. The Labute approximate surface area is 352 Å². The van der Waals surface area contributed by atoms with Crippen LogP contribution < -0.4 is 5.32 Å². The van der Waals surface area contributed by atoms with Crippen molar-refractivity contribution in [2.24, 2.45) is 0 Å². The summed E-state index contributed by atoms with van der Waals surface area (Å²) in [5.74, 6) is -0.207. The number of carbonyl (C=O) groups excluding carboxylic acids is 1. The monoisotopic (exact) mass is 824 g/mol. The Morgan fingerprint density at radius 3 is 1.54 bits per heavy atom. The molecule has 334 valence electrons. The van der Waals surface area contributed by atoms with E-state index in [0.717, 1.165) is 64.2 Å². The number of nitrogens with zero attached hydrogens (tertiary/aromatic N) is 1. The maximum atomic E-state index is 12.8. The molecule has 0 aliphatic carbocycles. The van der Waals surface area contributed by atoms with Crippen LogP contribution in [0.3, 0.4) is 0 Å². The van der Waals surface area contributed by atoms with Gasteiger partial charge in [0.25, 0.3) is 0 Å². The highest BCUT2D eigenvalue weighted by Crippen LogP contribution is 2.43. The number of amides is 1. The first kappa shape index (κ1) is 55.5. The Bertz CT molecular complexity index is 1070. The van der Waals surface area contributed by atoms with Crippen LogP contribution in [0, 0.1) is 0 Å². The summed E-state index contributed by atoms with van der Waals surface area (Å²) in [6.45, 7) is 4.68. The number of likely N-dealkylation sites (N-methyl/N-ethyl adjacent to an activating group) is 1. The predicted molar refractivity (Wildman–Crippen MR) is 244 cm³/mol. The van der Waals surface area contributed by atoms with Crippen LogP contribution in [0.15, 0.2) is 48.6 Å². The number of phosphoric acid groups is 1. The number of hydrogen-bond acceptors (Lipinski definition) is 5. The number of phosphoric ester groups is 1. The topological polar surface area (TPSA) is 105 Å². The van der Waals surface area contributed by atoms with Gasteiger partial charge in [0.05, 0.1) is 39.9 Å². The molecule has 1 amide bonds. The molecule has 0 radical (unpaired) electrons. The molecule has 57 heavy (non-hydrogen) atoms. The minimum absolute atomic E-state index is 0.0543. The third kappa shape index (κ3) is 42.4. The van der Waals surface area contributed by atoms with Gasteiger partial charge in [0.2, 0.25) is 5.91 Å². The predicted octanol–water partition coefficient (Wildman–Crippen LogP) is 13.2. The van der Waals surface area contributed by atoms with Gasteiger partial charge in [-0.2, -0.15) is 0 Å². The largest absolute Gasteiger partial charge is 0.472 e. The lowest BCUT2D eigenvalue weighted by molar-refractivity contribution is -0.870. The molecular weight excluding hydrogens is 732 g/mol. The van der Waals surface area contributed by atoms with Crippen molar-refractivity contribution >= 4 is 13.7 Å². The van der Waals surface area contributed by atoms with Gasteiger partial charge in [-0.25, -0.2) is 4.57 Å². The van der Waals surface area contributed by atoms with E-state index in [1.165, 1.54) is 116 Å². The molecule has 0 rings (SSSR count). The summed E-state index contributed by atoms with van der Waals surface area (Å²) < 4.78 is 23.6. The third-order valence-corrected chi connectivity index (χ3v) is 11.3. The summed E-state index contributed by atoms with van der Waals surface area (Å²) in [7, 11) is 1.55. The molecule has 3 N–H and O–H groups in total. The lowest BCUT2D eigenvalue weighted by Gasteiger charge is -2.25. The molecule has 0 aromatic rings. The van der Waals surface area contributed by atoms with Crippen LogP contribution in [-0.2, 0) is 18.4 Å². The molecule has 0 aliphatic rings. The molecule has 3 unspecified atom stereocenters. The molecule has 0 aromatic heterocycles. The average Bonchev–Trinajstić information content (AvgIpc) is 3.16. The second-order valence-corrected chi connectivity index (χ2v) is 18.6. The highest BCUT2D eigenvalue weighted by Gasteiger charge is 2.27. The zero-order valence-corrected chi connectivity index (χ0v) is 38.7. The first-order chi connectivity index (χ1) is 27.5. The normalized spacial score (nSPS) is 14.7. The summed E-state index contributed by atoms with van der Waals surface area (Å²) in [4.78, 5) is 23.1. The van der Waals surface area contributed by atoms with Crippen LogP contribution in [0.5, 0.6) is 0 Å². The van der Waals surface area contributed by atoms with E-state index in [-0.39, 0.29) is 19.1 Å². The van der Waals surface area contributed by atoms with Crippen molar-refractivity contribution in [3.63, 3.8) is 0 Å². The van der Waals surface area contributed by atoms with Crippen LogP contribution in [0.2, 0.25) is 0 Å². The van der Waals surface area contributed by atoms with Crippen molar-refractivity contribution in [2.45, 2.75) is 212 Å². The maximum Gasteiger partial charge on any atom is 0.472 e. The second kappa shape index (κ2) is 39.9. The fourth-order valence-corrected chi connectivity index (χ4v) is 7.32. The Balaban J connectivity index is 4.36. The first-order valence-corrected chi connectivity index (χ1v) is 25.0. The van der Waals surface area contributed by atoms with Gasteiger partial charge in [-0.1, -0.05) is 191 Å². The van der Waals surface area contributed by atoms with E-state index >= 15 is 0 Å². The van der Waals surface area contributed by atoms with Gasteiger partial charge in [-0.05, 0) is 51.4 Å². The molecule has 0 spiro atoms. The Morgan fingerprint density at radius 2 is 1.05 bits per heavy atom. The summed E-state index contributed by atoms with van der Waals surface area (Å²) in [5.41, 5.74) is 0. The van der Waals surface area contributed by atoms with Crippen molar-refractivity contribution in [1.82, 2.24) is 5.32 Å². The number of nitrogens with one attached hydrogen (secondary N) is 1. The lowest BCUT2D eigenvalue weighted by atomic mass is 10.0. The minimum atomic E-state index is -4.35. The van der Waals surface area contributed by atoms with Gasteiger partial charge in [-0.15, -0.1) is 0 Å². The molecule has 0 bridgehead atoms. The van der Waals surface area contributed by atoms with Crippen molar-refractivity contribution < 1.29 is 32.9 Å². The van der Waals surface area contributed by atoms with Crippen molar-refractivity contribution in [3.8, 4) is 0 Å². The van der Waals surface area contributed by atoms with Gasteiger partial charge in [0.15, 0.2) is 0 Å². The molecule has 0 aliphatic heterocycles. The molecule has 0 heterocycles. The second-order valence-electron chi connectivity index (χ2n) is 17.1. The fraction of sp³-hybridized carbons (Fsp3) is 0.812. The van der Waals surface area contributed by atoms with Crippen LogP contribution in [0.1, 0.15) is 200 Å². The van der Waals surface area contributed by atoms with Crippen LogP contribution in [0.25, 0.3) is 0 Å². The number of carbonyl (C=O) groups is 1. The molecule has 3 atom stereocenters. The number of aliphatic hydroxyl groups excluding tert-OH is 1. The highest BCUT2D eigenvalue weighted by molar-refractivity contribution is 7.47.